The molecule has 1 aromatic rings. The van der Waals surface area contributed by atoms with Gasteiger partial charge in [0.2, 0.25) is 0 Å². The third kappa shape index (κ3) is 3.02. The first-order chi connectivity index (χ1) is 9.16. The van der Waals surface area contributed by atoms with Crippen molar-refractivity contribution in [1.29, 1.82) is 5.26 Å². The summed E-state index contributed by atoms with van der Waals surface area (Å²) in [4.78, 5) is 15.7. The number of carboxylic acids is 1. The van der Waals surface area contributed by atoms with Crippen LogP contribution < -0.4 is 5.32 Å². The van der Waals surface area contributed by atoms with Crippen LogP contribution in [0.15, 0.2) is 18.3 Å². The second-order valence-corrected chi connectivity index (χ2v) is 4.97. The van der Waals surface area contributed by atoms with E-state index in [1.54, 1.807) is 12.1 Å². The van der Waals surface area contributed by atoms with Crippen molar-refractivity contribution in [2.24, 2.45) is 0 Å². The summed E-state index contributed by atoms with van der Waals surface area (Å²) in [6.07, 6.45) is 6.66. The second-order valence-electron chi connectivity index (χ2n) is 4.97. The lowest BCUT2D eigenvalue weighted by Crippen LogP contribution is -2.46. The Morgan fingerprint density at radius 3 is 2.63 bits per heavy atom. The zero-order valence-electron chi connectivity index (χ0n) is 10.7. The first kappa shape index (κ1) is 13.3. The molecule has 0 atom stereocenters. The number of nitriles is 1. The van der Waals surface area contributed by atoms with Gasteiger partial charge in [-0.1, -0.05) is 25.7 Å². The van der Waals surface area contributed by atoms with E-state index in [0.717, 1.165) is 25.7 Å². The molecule has 0 bridgehead atoms. The van der Waals surface area contributed by atoms with Crippen molar-refractivity contribution in [3.05, 3.63) is 23.9 Å². The van der Waals surface area contributed by atoms with E-state index in [1.807, 2.05) is 6.07 Å². The van der Waals surface area contributed by atoms with Crippen LogP contribution in [0.2, 0.25) is 0 Å². The molecule has 0 amide bonds. The van der Waals surface area contributed by atoms with Gasteiger partial charge < -0.3 is 10.4 Å². The molecule has 100 valence electrons. The molecule has 0 radical (unpaired) electrons. The van der Waals surface area contributed by atoms with Gasteiger partial charge in [-0.3, -0.25) is 0 Å². The maximum Gasteiger partial charge on any atom is 0.329 e. The number of carbonyl (C=O) groups is 1. The minimum Gasteiger partial charge on any atom is -0.480 e. The highest BCUT2D eigenvalue weighted by Gasteiger charge is 2.38. The molecule has 0 aliphatic heterocycles. The molecule has 2 N–H and O–H groups in total. The number of pyridine rings is 1. The Morgan fingerprint density at radius 1 is 1.37 bits per heavy atom. The van der Waals surface area contributed by atoms with Gasteiger partial charge in [0.25, 0.3) is 0 Å². The molecule has 1 aromatic heterocycles. The molecule has 1 saturated carbocycles. The molecule has 5 nitrogen and oxygen atoms in total. The van der Waals surface area contributed by atoms with Crippen molar-refractivity contribution in [2.45, 2.75) is 44.1 Å². The van der Waals surface area contributed by atoms with Crippen molar-refractivity contribution in [3.8, 4) is 6.07 Å². The lowest BCUT2D eigenvalue weighted by atomic mass is 9.90. The van der Waals surface area contributed by atoms with Gasteiger partial charge in [-0.25, -0.2) is 9.78 Å². The Hall–Kier alpha value is -2.09. The Labute approximate surface area is 112 Å². The van der Waals surface area contributed by atoms with Crippen LogP contribution in [0.5, 0.6) is 0 Å². The predicted octanol–water partition coefficient (Wildman–Crippen LogP) is 2.54. The van der Waals surface area contributed by atoms with Crippen LogP contribution in [0.1, 0.15) is 44.1 Å². The standard InChI is InChI=1S/C14H17N3O2/c15-10-11-5-8-16-12(9-11)17-14(13(18)19)6-3-1-2-4-7-14/h5,8-9H,1-4,6-7H2,(H,16,17)(H,18,19). The topological polar surface area (TPSA) is 86.0 Å². The molecule has 19 heavy (non-hydrogen) atoms. The average molecular weight is 259 g/mol. The lowest BCUT2D eigenvalue weighted by Gasteiger charge is -2.29. The van der Waals surface area contributed by atoms with E-state index in [4.69, 9.17) is 5.26 Å². The molecule has 5 heteroatoms. The highest BCUT2D eigenvalue weighted by atomic mass is 16.4. The number of hydrogen-bond acceptors (Lipinski definition) is 4. The maximum atomic E-state index is 11.6. The van der Waals surface area contributed by atoms with E-state index in [2.05, 4.69) is 10.3 Å². The van der Waals surface area contributed by atoms with Crippen LogP contribution >= 0.6 is 0 Å². The Kier molecular flexibility index (Phi) is 4.00. The van der Waals surface area contributed by atoms with Crippen molar-refractivity contribution < 1.29 is 9.90 Å². The van der Waals surface area contributed by atoms with Crippen LogP contribution in [-0.4, -0.2) is 21.6 Å². The molecular formula is C14H17N3O2. The van der Waals surface area contributed by atoms with E-state index < -0.39 is 11.5 Å². The monoisotopic (exact) mass is 259 g/mol. The van der Waals surface area contributed by atoms with Crippen molar-refractivity contribution in [3.63, 3.8) is 0 Å². The number of rotatable bonds is 3. The van der Waals surface area contributed by atoms with Gasteiger partial charge in [-0.15, -0.1) is 0 Å². The number of aromatic nitrogens is 1. The van der Waals surface area contributed by atoms with Gasteiger partial charge >= 0.3 is 5.97 Å². The smallest absolute Gasteiger partial charge is 0.329 e. The first-order valence-corrected chi connectivity index (χ1v) is 6.54. The average Bonchev–Trinajstić information content (AvgIpc) is 2.65. The van der Waals surface area contributed by atoms with E-state index in [1.165, 1.54) is 6.20 Å². The molecule has 1 fully saturated rings. The minimum atomic E-state index is -0.947. The van der Waals surface area contributed by atoms with Crippen LogP contribution in [0, 0.1) is 11.3 Å². The summed E-state index contributed by atoms with van der Waals surface area (Å²) < 4.78 is 0. The van der Waals surface area contributed by atoms with Crippen LogP contribution in [0.4, 0.5) is 5.82 Å². The Bertz CT molecular complexity index is 500. The van der Waals surface area contributed by atoms with Crippen molar-refractivity contribution in [2.75, 3.05) is 5.32 Å². The molecule has 1 aliphatic carbocycles. The Balaban J connectivity index is 2.25. The highest BCUT2D eigenvalue weighted by Crippen LogP contribution is 2.30. The fourth-order valence-electron chi connectivity index (χ4n) is 2.54. The van der Waals surface area contributed by atoms with Crippen LogP contribution in [-0.2, 0) is 4.79 Å². The van der Waals surface area contributed by atoms with E-state index in [9.17, 15) is 9.90 Å². The molecule has 0 spiro atoms. The number of nitrogens with one attached hydrogen (secondary N) is 1. The zero-order chi connectivity index (χ0) is 13.7. The zero-order valence-corrected chi connectivity index (χ0v) is 10.7. The quantitative estimate of drug-likeness (QED) is 0.815. The van der Waals surface area contributed by atoms with Gasteiger partial charge in [0.1, 0.15) is 11.4 Å². The molecule has 2 rings (SSSR count). The summed E-state index contributed by atoms with van der Waals surface area (Å²) in [5, 5.41) is 21.5. The lowest BCUT2D eigenvalue weighted by molar-refractivity contribution is -0.142. The fourth-order valence-corrected chi connectivity index (χ4v) is 2.54. The normalized spacial score (nSPS) is 18.1. The van der Waals surface area contributed by atoms with Gasteiger partial charge in [-0.2, -0.15) is 5.26 Å². The second kappa shape index (κ2) is 5.70. The van der Waals surface area contributed by atoms with Crippen LogP contribution in [0.25, 0.3) is 0 Å². The first-order valence-electron chi connectivity index (χ1n) is 6.54. The number of nitrogens with zero attached hydrogens (tertiary/aromatic N) is 2. The third-order valence-corrected chi connectivity index (χ3v) is 3.62. The summed E-state index contributed by atoms with van der Waals surface area (Å²) >= 11 is 0. The Morgan fingerprint density at radius 2 is 2.05 bits per heavy atom. The number of aliphatic carboxylic acids is 1. The van der Waals surface area contributed by atoms with E-state index in [-0.39, 0.29) is 0 Å². The summed E-state index contributed by atoms with van der Waals surface area (Å²) in [5.74, 6) is -0.373. The van der Waals surface area contributed by atoms with Crippen molar-refractivity contribution in [1.82, 2.24) is 4.98 Å². The number of hydrogen-bond donors (Lipinski definition) is 2. The summed E-state index contributed by atoms with van der Waals surface area (Å²) in [7, 11) is 0. The number of carboxylic acid groups (broad SMARTS) is 1. The fraction of sp³-hybridized carbons (Fsp3) is 0.500. The van der Waals surface area contributed by atoms with Gasteiger partial charge in [0.15, 0.2) is 0 Å². The van der Waals surface area contributed by atoms with Gasteiger partial charge in [-0.05, 0) is 25.0 Å². The van der Waals surface area contributed by atoms with E-state index >= 15 is 0 Å². The van der Waals surface area contributed by atoms with Gasteiger partial charge in [0.05, 0.1) is 11.6 Å². The molecule has 1 aliphatic rings. The molecular weight excluding hydrogens is 242 g/mol. The molecule has 1 heterocycles. The SMILES string of the molecule is N#Cc1ccnc(NC2(C(=O)O)CCCCCC2)c1. The summed E-state index contributed by atoms with van der Waals surface area (Å²) in [6.45, 7) is 0. The molecule has 0 aromatic carbocycles. The maximum absolute atomic E-state index is 11.6. The molecule has 0 unspecified atom stereocenters. The summed E-state index contributed by atoms with van der Waals surface area (Å²) in [6, 6.07) is 5.23. The predicted molar refractivity (Wildman–Crippen MR) is 70.6 cm³/mol. The third-order valence-electron chi connectivity index (χ3n) is 3.62. The number of anilines is 1. The van der Waals surface area contributed by atoms with Crippen LogP contribution in [0.3, 0.4) is 0 Å². The summed E-state index contributed by atoms with van der Waals surface area (Å²) in [5.41, 5.74) is -0.468. The van der Waals surface area contributed by atoms with E-state index in [0.29, 0.717) is 24.2 Å². The van der Waals surface area contributed by atoms with Crippen molar-refractivity contribution >= 4 is 11.8 Å². The highest BCUT2D eigenvalue weighted by molar-refractivity contribution is 5.82. The largest absolute Gasteiger partial charge is 0.480 e. The minimum absolute atomic E-state index is 0.461. The molecule has 0 saturated heterocycles. The van der Waals surface area contributed by atoms with Gasteiger partial charge in [0, 0.05) is 6.20 Å².